The molecule has 116 valence electrons. The Morgan fingerprint density at radius 1 is 1.57 bits per heavy atom. The largest absolute Gasteiger partial charge is 0.345 e. The molecule has 2 rings (SSSR count). The summed E-state index contributed by atoms with van der Waals surface area (Å²) in [5, 5.41) is 14.0. The van der Waals surface area contributed by atoms with Gasteiger partial charge in [-0.2, -0.15) is 0 Å². The fourth-order valence-corrected chi connectivity index (χ4v) is 2.38. The van der Waals surface area contributed by atoms with Crippen molar-refractivity contribution < 1.29 is 9.72 Å². The number of benzene rings is 1. The number of nitro benzene ring substituents is 1. The molecule has 1 amide bonds. The van der Waals surface area contributed by atoms with Crippen LogP contribution in [-0.4, -0.2) is 22.9 Å². The Morgan fingerprint density at radius 2 is 2.19 bits per heavy atom. The number of nitrogens with zero attached hydrogens (tertiary/aromatic N) is 1. The van der Waals surface area contributed by atoms with Crippen molar-refractivity contribution in [3.05, 3.63) is 38.9 Å². The molecule has 1 atom stereocenters. The van der Waals surface area contributed by atoms with E-state index >= 15 is 0 Å². The number of nitrogens with two attached hydrogens (primary N) is 1. The first-order valence-electron chi connectivity index (χ1n) is 6.34. The van der Waals surface area contributed by atoms with Gasteiger partial charge in [-0.3, -0.25) is 14.9 Å². The van der Waals surface area contributed by atoms with Crippen molar-refractivity contribution in [2.24, 2.45) is 11.7 Å². The van der Waals surface area contributed by atoms with Crippen LogP contribution in [0.15, 0.2) is 18.2 Å². The topological polar surface area (TPSA) is 98.3 Å². The van der Waals surface area contributed by atoms with Crippen LogP contribution in [0.3, 0.4) is 0 Å². The van der Waals surface area contributed by atoms with Gasteiger partial charge in [-0.15, -0.1) is 12.4 Å². The first-order chi connectivity index (χ1) is 9.37. The lowest BCUT2D eigenvalue weighted by Gasteiger charge is -2.29. The molecule has 1 aliphatic rings. The molecule has 1 aliphatic carbocycles. The van der Waals surface area contributed by atoms with Crippen LogP contribution >= 0.6 is 24.0 Å². The van der Waals surface area contributed by atoms with Crippen LogP contribution in [0.5, 0.6) is 0 Å². The molecule has 1 unspecified atom stereocenters. The molecule has 0 bridgehead atoms. The number of halogens is 2. The number of hydrogen-bond donors (Lipinski definition) is 2. The first-order valence-corrected chi connectivity index (χ1v) is 6.71. The minimum absolute atomic E-state index is 0. The van der Waals surface area contributed by atoms with Gasteiger partial charge in [-0.1, -0.05) is 11.6 Å². The molecule has 3 N–H and O–H groups in total. The van der Waals surface area contributed by atoms with E-state index in [0.717, 1.165) is 12.8 Å². The SMILES string of the molecule is CC(CN)(NC(=O)c1ccc(Cl)cc1[N+](=O)[O-])C1CC1.Cl. The van der Waals surface area contributed by atoms with Gasteiger partial charge in [0.05, 0.1) is 10.5 Å². The van der Waals surface area contributed by atoms with Crippen LogP contribution in [-0.2, 0) is 0 Å². The molecule has 0 aliphatic heterocycles. The van der Waals surface area contributed by atoms with Crippen LogP contribution in [0, 0.1) is 16.0 Å². The molecule has 1 aromatic rings. The minimum Gasteiger partial charge on any atom is -0.345 e. The molecule has 1 saturated carbocycles. The molecule has 1 fully saturated rings. The zero-order chi connectivity index (χ0) is 14.9. The maximum Gasteiger partial charge on any atom is 0.283 e. The van der Waals surface area contributed by atoms with Crippen molar-refractivity contribution >= 4 is 35.6 Å². The molecular formula is C13H17Cl2N3O3. The van der Waals surface area contributed by atoms with Crippen molar-refractivity contribution in [3.8, 4) is 0 Å². The van der Waals surface area contributed by atoms with E-state index in [1.54, 1.807) is 0 Å². The van der Waals surface area contributed by atoms with E-state index in [0.29, 0.717) is 12.5 Å². The third kappa shape index (κ3) is 3.84. The summed E-state index contributed by atoms with van der Waals surface area (Å²) >= 11 is 5.73. The molecule has 0 heterocycles. The number of carbonyl (C=O) groups is 1. The molecule has 0 radical (unpaired) electrons. The lowest BCUT2D eigenvalue weighted by atomic mass is 9.95. The summed E-state index contributed by atoms with van der Waals surface area (Å²) in [4.78, 5) is 22.7. The van der Waals surface area contributed by atoms with Gasteiger partial charge in [0, 0.05) is 17.6 Å². The van der Waals surface area contributed by atoms with Crippen molar-refractivity contribution in [1.29, 1.82) is 0 Å². The van der Waals surface area contributed by atoms with E-state index in [4.69, 9.17) is 17.3 Å². The molecule has 1 aromatic carbocycles. The highest BCUT2D eigenvalue weighted by Gasteiger charge is 2.42. The highest BCUT2D eigenvalue weighted by atomic mass is 35.5. The van der Waals surface area contributed by atoms with Gasteiger partial charge in [-0.25, -0.2) is 0 Å². The van der Waals surface area contributed by atoms with E-state index in [2.05, 4.69) is 5.32 Å². The van der Waals surface area contributed by atoms with Gasteiger partial charge < -0.3 is 11.1 Å². The van der Waals surface area contributed by atoms with E-state index in [-0.39, 0.29) is 28.7 Å². The van der Waals surface area contributed by atoms with E-state index in [1.165, 1.54) is 18.2 Å². The van der Waals surface area contributed by atoms with Crippen molar-refractivity contribution in [3.63, 3.8) is 0 Å². The average molecular weight is 334 g/mol. The number of amides is 1. The molecule has 21 heavy (non-hydrogen) atoms. The summed E-state index contributed by atoms with van der Waals surface area (Å²) in [5.41, 5.74) is 4.90. The molecular weight excluding hydrogens is 317 g/mol. The number of hydrogen-bond acceptors (Lipinski definition) is 4. The third-order valence-corrected chi connectivity index (χ3v) is 3.94. The zero-order valence-electron chi connectivity index (χ0n) is 11.5. The Hall–Kier alpha value is -1.37. The Kier molecular flexibility index (Phi) is 5.55. The monoisotopic (exact) mass is 333 g/mol. The fraction of sp³-hybridized carbons (Fsp3) is 0.462. The Labute approximate surface area is 133 Å². The average Bonchev–Trinajstić information content (AvgIpc) is 3.22. The normalized spacial score (nSPS) is 16.5. The summed E-state index contributed by atoms with van der Waals surface area (Å²) < 4.78 is 0. The number of nitrogens with one attached hydrogen (secondary N) is 1. The van der Waals surface area contributed by atoms with Crippen LogP contribution in [0.1, 0.15) is 30.1 Å². The number of nitro groups is 1. The predicted octanol–water partition coefficient (Wildman–Crippen LogP) is 2.53. The molecule has 0 aromatic heterocycles. The summed E-state index contributed by atoms with van der Waals surface area (Å²) in [6.07, 6.45) is 2.02. The van der Waals surface area contributed by atoms with Crippen LogP contribution in [0.2, 0.25) is 5.02 Å². The Bertz CT molecular complexity index is 564. The molecule has 0 saturated heterocycles. The second kappa shape index (κ2) is 6.60. The van der Waals surface area contributed by atoms with Crippen molar-refractivity contribution in [2.45, 2.75) is 25.3 Å². The second-order valence-electron chi connectivity index (χ2n) is 5.27. The summed E-state index contributed by atoms with van der Waals surface area (Å²) in [7, 11) is 0. The zero-order valence-corrected chi connectivity index (χ0v) is 13.0. The van der Waals surface area contributed by atoms with E-state index in [9.17, 15) is 14.9 Å². The minimum atomic E-state index is -0.613. The van der Waals surface area contributed by atoms with Crippen LogP contribution < -0.4 is 11.1 Å². The smallest absolute Gasteiger partial charge is 0.283 e. The maximum absolute atomic E-state index is 12.3. The molecule has 8 heteroatoms. The lowest BCUT2D eigenvalue weighted by Crippen LogP contribution is -2.53. The Balaban J connectivity index is 0.00000220. The second-order valence-corrected chi connectivity index (χ2v) is 5.71. The lowest BCUT2D eigenvalue weighted by molar-refractivity contribution is -0.385. The quantitative estimate of drug-likeness (QED) is 0.638. The van der Waals surface area contributed by atoms with E-state index in [1.807, 2.05) is 6.92 Å². The first kappa shape index (κ1) is 17.7. The van der Waals surface area contributed by atoms with Gasteiger partial charge in [0.15, 0.2) is 0 Å². The van der Waals surface area contributed by atoms with Gasteiger partial charge in [0.25, 0.3) is 11.6 Å². The van der Waals surface area contributed by atoms with Gasteiger partial charge in [0.1, 0.15) is 5.56 Å². The van der Waals surface area contributed by atoms with Gasteiger partial charge in [-0.05, 0) is 37.8 Å². The van der Waals surface area contributed by atoms with Crippen LogP contribution in [0.4, 0.5) is 5.69 Å². The number of rotatable bonds is 5. The van der Waals surface area contributed by atoms with Crippen molar-refractivity contribution in [1.82, 2.24) is 5.32 Å². The molecule has 6 nitrogen and oxygen atoms in total. The number of carbonyl (C=O) groups excluding carboxylic acids is 1. The Morgan fingerprint density at radius 3 is 2.67 bits per heavy atom. The van der Waals surface area contributed by atoms with Gasteiger partial charge in [0.2, 0.25) is 0 Å². The highest BCUT2D eigenvalue weighted by molar-refractivity contribution is 6.31. The third-order valence-electron chi connectivity index (χ3n) is 3.70. The van der Waals surface area contributed by atoms with Crippen LogP contribution in [0.25, 0.3) is 0 Å². The van der Waals surface area contributed by atoms with Crippen molar-refractivity contribution in [2.75, 3.05) is 6.54 Å². The summed E-state index contributed by atoms with van der Waals surface area (Å²) in [5.74, 6) is -0.156. The fourth-order valence-electron chi connectivity index (χ4n) is 2.21. The standard InChI is InChI=1S/C13H16ClN3O3.ClH/c1-13(7-15,8-2-3-8)16-12(18)10-5-4-9(14)6-11(10)17(19)20;/h4-6,8H,2-3,7,15H2,1H3,(H,16,18);1H. The maximum atomic E-state index is 12.3. The van der Waals surface area contributed by atoms with E-state index < -0.39 is 16.4 Å². The van der Waals surface area contributed by atoms with Gasteiger partial charge >= 0.3 is 0 Å². The summed E-state index contributed by atoms with van der Waals surface area (Å²) in [6, 6.07) is 3.99. The molecule has 0 spiro atoms. The summed E-state index contributed by atoms with van der Waals surface area (Å²) in [6.45, 7) is 2.16. The highest BCUT2D eigenvalue weighted by Crippen LogP contribution is 2.39. The predicted molar refractivity (Wildman–Crippen MR) is 83.0 cm³/mol.